The number of ether oxygens (including phenoxy) is 2. The summed E-state index contributed by atoms with van der Waals surface area (Å²) in [7, 11) is 3.16. The molecule has 4 rings (SSSR count). The van der Waals surface area contributed by atoms with Crippen molar-refractivity contribution in [1.29, 1.82) is 0 Å². The van der Waals surface area contributed by atoms with Gasteiger partial charge in [0.2, 0.25) is 5.91 Å². The number of fused-ring (bicyclic) bond motifs is 1. The van der Waals surface area contributed by atoms with Gasteiger partial charge in [0.25, 0.3) is 0 Å². The van der Waals surface area contributed by atoms with Gasteiger partial charge in [0.15, 0.2) is 11.5 Å². The van der Waals surface area contributed by atoms with Crippen molar-refractivity contribution in [3.63, 3.8) is 0 Å². The Balaban J connectivity index is 1.44. The van der Waals surface area contributed by atoms with Gasteiger partial charge in [-0.2, -0.15) is 0 Å². The smallest absolute Gasteiger partial charge is 0.228 e. The Bertz CT molecular complexity index is 1200. The predicted molar refractivity (Wildman–Crippen MR) is 117 cm³/mol. The number of pyridine rings is 1. The maximum Gasteiger partial charge on any atom is 0.228 e. The van der Waals surface area contributed by atoms with Crippen LogP contribution in [0.2, 0.25) is 0 Å². The molecule has 6 heteroatoms. The molecule has 0 radical (unpaired) electrons. The van der Waals surface area contributed by atoms with Gasteiger partial charge in [-0.3, -0.25) is 4.79 Å². The molecule has 0 unspecified atom stereocenters. The van der Waals surface area contributed by atoms with Gasteiger partial charge in [-0.15, -0.1) is 0 Å². The SMILES string of the molecule is COc1ccc(CC(=O)Nc2ccc(-c3cn4ccc(C)cc4n3)cc2)cc1OC. The number of imidazole rings is 1. The third-order valence-corrected chi connectivity index (χ3v) is 4.89. The van der Waals surface area contributed by atoms with Crippen LogP contribution in [0.25, 0.3) is 16.9 Å². The Morgan fingerprint density at radius 1 is 1.00 bits per heavy atom. The van der Waals surface area contributed by atoms with Crippen LogP contribution in [0.3, 0.4) is 0 Å². The minimum absolute atomic E-state index is 0.0989. The van der Waals surface area contributed by atoms with E-state index in [1.54, 1.807) is 20.3 Å². The molecule has 0 spiro atoms. The van der Waals surface area contributed by atoms with Crippen molar-refractivity contribution >= 4 is 17.2 Å². The lowest BCUT2D eigenvalue weighted by Crippen LogP contribution is -2.14. The number of hydrogen-bond acceptors (Lipinski definition) is 4. The quantitative estimate of drug-likeness (QED) is 0.516. The summed E-state index contributed by atoms with van der Waals surface area (Å²) in [5, 5.41) is 2.93. The topological polar surface area (TPSA) is 64.9 Å². The average Bonchev–Trinajstić information content (AvgIpc) is 3.17. The fourth-order valence-corrected chi connectivity index (χ4v) is 3.33. The van der Waals surface area contributed by atoms with Gasteiger partial charge in [-0.1, -0.05) is 18.2 Å². The summed E-state index contributed by atoms with van der Waals surface area (Å²) in [5.41, 5.74) is 5.56. The van der Waals surface area contributed by atoms with E-state index in [0.29, 0.717) is 11.5 Å². The zero-order chi connectivity index (χ0) is 21.1. The highest BCUT2D eigenvalue weighted by atomic mass is 16.5. The molecule has 0 saturated heterocycles. The number of aromatic nitrogens is 2. The number of carbonyl (C=O) groups is 1. The molecule has 0 aliphatic rings. The number of rotatable bonds is 6. The van der Waals surface area contributed by atoms with E-state index in [0.717, 1.165) is 28.2 Å². The fourth-order valence-electron chi connectivity index (χ4n) is 3.33. The predicted octanol–water partition coefficient (Wildman–Crippen LogP) is 4.51. The second-order valence-corrected chi connectivity index (χ2v) is 7.09. The van der Waals surface area contributed by atoms with Crippen LogP contribution >= 0.6 is 0 Å². The Kier molecular flexibility index (Phi) is 5.39. The van der Waals surface area contributed by atoms with Crippen LogP contribution in [0, 0.1) is 6.92 Å². The van der Waals surface area contributed by atoms with Crippen molar-refractivity contribution in [2.24, 2.45) is 0 Å². The average molecular weight is 401 g/mol. The number of hydrogen-bond donors (Lipinski definition) is 1. The second kappa shape index (κ2) is 8.29. The number of methoxy groups -OCH3 is 2. The van der Waals surface area contributed by atoms with Crippen molar-refractivity contribution in [2.45, 2.75) is 13.3 Å². The number of carbonyl (C=O) groups excluding carboxylic acids is 1. The Hall–Kier alpha value is -3.80. The Morgan fingerprint density at radius 3 is 2.50 bits per heavy atom. The van der Waals surface area contributed by atoms with Crippen molar-refractivity contribution in [3.05, 3.63) is 78.1 Å². The molecular formula is C24H23N3O3. The van der Waals surface area contributed by atoms with Gasteiger partial charge in [-0.05, 0) is 54.4 Å². The maximum absolute atomic E-state index is 12.4. The molecule has 2 aromatic heterocycles. The van der Waals surface area contributed by atoms with E-state index in [2.05, 4.69) is 16.4 Å². The highest BCUT2D eigenvalue weighted by Crippen LogP contribution is 2.28. The van der Waals surface area contributed by atoms with E-state index in [-0.39, 0.29) is 12.3 Å². The van der Waals surface area contributed by atoms with Crippen molar-refractivity contribution in [1.82, 2.24) is 9.38 Å². The molecule has 0 bridgehead atoms. The van der Waals surface area contributed by atoms with E-state index >= 15 is 0 Å². The van der Waals surface area contributed by atoms with E-state index in [4.69, 9.17) is 9.47 Å². The van der Waals surface area contributed by atoms with E-state index in [9.17, 15) is 4.79 Å². The van der Waals surface area contributed by atoms with Gasteiger partial charge < -0.3 is 19.2 Å². The summed E-state index contributed by atoms with van der Waals surface area (Å²) in [4.78, 5) is 17.1. The van der Waals surface area contributed by atoms with Crippen LogP contribution in [-0.2, 0) is 11.2 Å². The number of nitrogens with one attached hydrogen (secondary N) is 1. The van der Waals surface area contributed by atoms with Gasteiger partial charge in [0.05, 0.1) is 26.3 Å². The van der Waals surface area contributed by atoms with E-state index in [1.807, 2.05) is 66.2 Å². The molecule has 1 amide bonds. The standard InChI is InChI=1S/C24H23N3O3/c1-16-10-11-27-15-20(26-23(27)12-16)18-5-7-19(8-6-18)25-24(28)14-17-4-9-21(29-2)22(13-17)30-3/h4-13,15H,14H2,1-3H3,(H,25,28). The normalized spacial score (nSPS) is 10.8. The van der Waals surface area contributed by atoms with Gasteiger partial charge >= 0.3 is 0 Å². The molecule has 2 aromatic carbocycles. The number of nitrogens with zero attached hydrogens (tertiary/aromatic N) is 2. The molecule has 2 heterocycles. The Labute approximate surface area is 175 Å². The summed E-state index contributed by atoms with van der Waals surface area (Å²) < 4.78 is 12.5. The molecular weight excluding hydrogens is 378 g/mol. The van der Waals surface area contributed by atoms with Crippen LogP contribution in [0.1, 0.15) is 11.1 Å². The third-order valence-electron chi connectivity index (χ3n) is 4.89. The largest absolute Gasteiger partial charge is 0.493 e. The zero-order valence-electron chi connectivity index (χ0n) is 17.2. The molecule has 6 nitrogen and oxygen atoms in total. The summed E-state index contributed by atoms with van der Waals surface area (Å²) in [6, 6.07) is 17.3. The third kappa shape index (κ3) is 4.12. The first kappa shape index (κ1) is 19.5. The first-order valence-electron chi connectivity index (χ1n) is 9.62. The first-order chi connectivity index (χ1) is 14.6. The summed E-state index contributed by atoms with van der Waals surface area (Å²) in [6.07, 6.45) is 4.25. The number of anilines is 1. The molecule has 4 aromatic rings. The molecule has 0 fully saturated rings. The molecule has 152 valence electrons. The molecule has 1 N–H and O–H groups in total. The van der Waals surface area contributed by atoms with E-state index < -0.39 is 0 Å². The number of aryl methyl sites for hydroxylation is 1. The molecule has 0 aliphatic carbocycles. The molecule has 30 heavy (non-hydrogen) atoms. The van der Waals surface area contributed by atoms with Crippen LogP contribution in [-0.4, -0.2) is 29.5 Å². The lowest BCUT2D eigenvalue weighted by Gasteiger charge is -2.10. The van der Waals surface area contributed by atoms with Crippen LogP contribution in [0.15, 0.2) is 67.0 Å². The molecule has 0 aliphatic heterocycles. The summed E-state index contributed by atoms with van der Waals surface area (Å²) >= 11 is 0. The highest BCUT2D eigenvalue weighted by molar-refractivity contribution is 5.92. The lowest BCUT2D eigenvalue weighted by molar-refractivity contribution is -0.115. The van der Waals surface area contributed by atoms with E-state index in [1.165, 1.54) is 5.56 Å². The monoisotopic (exact) mass is 401 g/mol. The molecule has 0 saturated carbocycles. The van der Waals surface area contributed by atoms with Crippen LogP contribution in [0.5, 0.6) is 11.5 Å². The zero-order valence-corrected chi connectivity index (χ0v) is 17.2. The van der Waals surface area contributed by atoms with Crippen LogP contribution < -0.4 is 14.8 Å². The number of benzene rings is 2. The van der Waals surface area contributed by atoms with Crippen molar-refractivity contribution in [3.8, 4) is 22.8 Å². The highest BCUT2D eigenvalue weighted by Gasteiger charge is 2.10. The first-order valence-corrected chi connectivity index (χ1v) is 9.62. The number of amides is 1. The van der Waals surface area contributed by atoms with Gasteiger partial charge in [0.1, 0.15) is 5.65 Å². The van der Waals surface area contributed by atoms with Crippen molar-refractivity contribution in [2.75, 3.05) is 19.5 Å². The molecule has 0 atom stereocenters. The summed E-state index contributed by atoms with van der Waals surface area (Å²) in [5.74, 6) is 1.15. The van der Waals surface area contributed by atoms with Gasteiger partial charge in [-0.25, -0.2) is 4.98 Å². The fraction of sp³-hybridized carbons (Fsp3) is 0.167. The van der Waals surface area contributed by atoms with Crippen LogP contribution in [0.4, 0.5) is 5.69 Å². The minimum atomic E-state index is -0.0989. The van der Waals surface area contributed by atoms with Crippen molar-refractivity contribution < 1.29 is 14.3 Å². The summed E-state index contributed by atoms with van der Waals surface area (Å²) in [6.45, 7) is 2.05. The maximum atomic E-state index is 12.4. The Morgan fingerprint density at radius 2 is 1.77 bits per heavy atom. The lowest BCUT2D eigenvalue weighted by atomic mass is 10.1. The second-order valence-electron chi connectivity index (χ2n) is 7.09. The minimum Gasteiger partial charge on any atom is -0.493 e. The van der Waals surface area contributed by atoms with Gasteiger partial charge in [0, 0.05) is 23.6 Å².